The topological polar surface area (TPSA) is 78.9 Å². The molecule has 7 heteroatoms. The molecule has 6 nitrogen and oxygen atoms in total. The van der Waals surface area contributed by atoms with E-state index in [0.29, 0.717) is 42.6 Å². The van der Waals surface area contributed by atoms with Crippen molar-refractivity contribution < 1.29 is 19.4 Å². The number of likely N-dealkylation sites (tertiary alicyclic amines) is 1. The lowest BCUT2D eigenvalue weighted by Gasteiger charge is -2.43. The number of carbonyl (C=O) groups excluding carboxylic acids is 2. The second-order valence-corrected chi connectivity index (χ2v) is 10.8. The summed E-state index contributed by atoms with van der Waals surface area (Å²) < 4.78 is 5.85. The predicted octanol–water partition coefficient (Wildman–Crippen LogP) is 4.72. The maximum atomic E-state index is 13.0. The number of benzene rings is 1. The summed E-state index contributed by atoms with van der Waals surface area (Å²) in [6, 6.07) is 5.18. The van der Waals surface area contributed by atoms with Crippen LogP contribution in [0.25, 0.3) is 0 Å². The Morgan fingerprint density at radius 2 is 1.73 bits per heavy atom. The van der Waals surface area contributed by atoms with Gasteiger partial charge in [0.1, 0.15) is 5.75 Å². The molecule has 2 amide bonds. The van der Waals surface area contributed by atoms with Crippen LogP contribution in [0, 0.1) is 5.41 Å². The number of amides is 2. The summed E-state index contributed by atoms with van der Waals surface area (Å²) in [6.07, 6.45) is 10.8. The number of carbonyl (C=O) groups is 2. The molecule has 0 atom stereocenters. The van der Waals surface area contributed by atoms with Gasteiger partial charge in [-0.15, -0.1) is 0 Å². The first-order valence-electron chi connectivity index (χ1n) is 12.6. The number of aliphatic hydroxyl groups is 1. The van der Waals surface area contributed by atoms with Crippen LogP contribution in [0.5, 0.6) is 5.75 Å². The van der Waals surface area contributed by atoms with E-state index in [1.54, 1.807) is 18.2 Å². The molecular formula is C26H37ClN2O4. The molecule has 4 rings (SSSR count). The predicted molar refractivity (Wildman–Crippen MR) is 129 cm³/mol. The molecular weight excluding hydrogens is 440 g/mol. The second-order valence-electron chi connectivity index (χ2n) is 10.3. The molecule has 2 aliphatic heterocycles. The van der Waals surface area contributed by atoms with Crippen LogP contribution in [0.4, 0.5) is 0 Å². The van der Waals surface area contributed by atoms with Crippen molar-refractivity contribution >= 4 is 23.4 Å². The highest BCUT2D eigenvalue weighted by Crippen LogP contribution is 2.38. The maximum absolute atomic E-state index is 13.0. The first-order chi connectivity index (χ1) is 15.9. The van der Waals surface area contributed by atoms with Gasteiger partial charge in [0.25, 0.3) is 5.91 Å². The Kier molecular flexibility index (Phi) is 7.85. The van der Waals surface area contributed by atoms with Crippen LogP contribution >= 0.6 is 11.6 Å². The van der Waals surface area contributed by atoms with Gasteiger partial charge in [0.2, 0.25) is 5.91 Å². The Balaban J connectivity index is 1.39. The minimum Gasteiger partial charge on any atom is -0.493 e. The fourth-order valence-electron chi connectivity index (χ4n) is 5.66. The highest BCUT2D eigenvalue weighted by molar-refractivity contribution is 6.31. The maximum Gasteiger partial charge on any atom is 0.255 e. The number of ether oxygens (including phenoxy) is 1. The van der Waals surface area contributed by atoms with Gasteiger partial charge in [-0.2, -0.15) is 0 Å². The van der Waals surface area contributed by atoms with Gasteiger partial charge in [0.15, 0.2) is 0 Å². The molecule has 1 saturated carbocycles. The van der Waals surface area contributed by atoms with E-state index >= 15 is 0 Å². The van der Waals surface area contributed by atoms with E-state index in [9.17, 15) is 14.7 Å². The zero-order valence-corrected chi connectivity index (χ0v) is 20.3. The van der Waals surface area contributed by atoms with Gasteiger partial charge >= 0.3 is 0 Å². The lowest BCUT2D eigenvalue weighted by molar-refractivity contribution is -0.140. The number of hydrogen-bond acceptors (Lipinski definition) is 4. The fourth-order valence-corrected chi connectivity index (χ4v) is 5.83. The van der Waals surface area contributed by atoms with Crippen molar-refractivity contribution in [3.05, 3.63) is 28.8 Å². The first-order valence-corrected chi connectivity index (χ1v) is 13.0. The SMILES string of the molecule is O=C1NCC2(CCCCCOc3ccc(Cl)cc31)CCN(C(=O)CC1(O)CCCCC1)CC2. The van der Waals surface area contributed by atoms with Gasteiger partial charge in [-0.25, -0.2) is 0 Å². The van der Waals surface area contributed by atoms with E-state index in [0.717, 1.165) is 70.6 Å². The van der Waals surface area contributed by atoms with Crippen molar-refractivity contribution in [2.75, 3.05) is 26.2 Å². The number of fused-ring (bicyclic) bond motifs is 1. The Labute approximate surface area is 202 Å². The van der Waals surface area contributed by atoms with E-state index in [1.165, 1.54) is 0 Å². The van der Waals surface area contributed by atoms with Gasteiger partial charge in [-0.1, -0.05) is 43.7 Å². The van der Waals surface area contributed by atoms with Crippen molar-refractivity contribution in [2.45, 2.75) is 82.7 Å². The molecule has 3 aliphatic rings. The largest absolute Gasteiger partial charge is 0.493 e. The third kappa shape index (κ3) is 6.21. The van der Waals surface area contributed by atoms with Crippen LogP contribution in [0.2, 0.25) is 5.02 Å². The summed E-state index contributed by atoms with van der Waals surface area (Å²) in [7, 11) is 0. The van der Waals surface area contributed by atoms with E-state index in [1.807, 2.05) is 4.90 Å². The molecule has 1 spiro atoms. The van der Waals surface area contributed by atoms with Crippen LogP contribution in [0.1, 0.15) is 87.4 Å². The Hall–Kier alpha value is -1.79. The first kappa shape index (κ1) is 24.3. The summed E-state index contributed by atoms with van der Waals surface area (Å²) in [6.45, 7) is 2.55. The smallest absolute Gasteiger partial charge is 0.255 e. The standard InChI is InChI=1S/C26H37ClN2O4/c27-20-7-8-22-21(17-20)24(31)28-19-25(9-3-2-6-16-33-22)12-14-29(15-13-25)23(30)18-26(32)10-4-1-5-11-26/h7-8,17,32H,1-6,9-16,18-19H2,(H,28,31). The minimum absolute atomic E-state index is 0.00697. The Bertz CT molecular complexity index is 845. The van der Waals surface area contributed by atoms with Gasteiger partial charge in [0.05, 0.1) is 24.2 Å². The summed E-state index contributed by atoms with van der Waals surface area (Å²) in [5.41, 5.74) is -0.346. The molecule has 0 unspecified atom stereocenters. The monoisotopic (exact) mass is 476 g/mol. The Morgan fingerprint density at radius 3 is 2.48 bits per heavy atom. The normalized spacial score (nSPS) is 23.5. The van der Waals surface area contributed by atoms with Gasteiger partial charge < -0.3 is 20.1 Å². The highest BCUT2D eigenvalue weighted by atomic mass is 35.5. The summed E-state index contributed by atoms with van der Waals surface area (Å²) in [5, 5.41) is 14.5. The average Bonchev–Trinajstić information content (AvgIpc) is 2.80. The molecule has 33 heavy (non-hydrogen) atoms. The van der Waals surface area contributed by atoms with E-state index in [2.05, 4.69) is 5.32 Å². The number of nitrogens with one attached hydrogen (secondary N) is 1. The van der Waals surface area contributed by atoms with Gasteiger partial charge in [-0.05, 0) is 62.1 Å². The molecule has 2 heterocycles. The van der Waals surface area contributed by atoms with E-state index < -0.39 is 5.60 Å². The van der Waals surface area contributed by atoms with Crippen molar-refractivity contribution in [3.63, 3.8) is 0 Å². The zero-order chi connectivity index (χ0) is 23.3. The van der Waals surface area contributed by atoms with Crippen LogP contribution in [0.15, 0.2) is 18.2 Å². The fraction of sp³-hybridized carbons (Fsp3) is 0.692. The van der Waals surface area contributed by atoms with Crippen molar-refractivity contribution in [2.24, 2.45) is 5.41 Å². The molecule has 0 radical (unpaired) electrons. The number of halogens is 1. The molecule has 0 aromatic heterocycles. The lowest BCUT2D eigenvalue weighted by atomic mass is 9.74. The summed E-state index contributed by atoms with van der Waals surface area (Å²) >= 11 is 6.14. The number of rotatable bonds is 2. The second kappa shape index (κ2) is 10.6. The van der Waals surface area contributed by atoms with E-state index in [4.69, 9.17) is 16.3 Å². The van der Waals surface area contributed by atoms with E-state index in [-0.39, 0.29) is 23.7 Å². The molecule has 0 bridgehead atoms. The minimum atomic E-state index is -0.817. The summed E-state index contributed by atoms with van der Waals surface area (Å²) in [5.74, 6) is 0.491. The van der Waals surface area contributed by atoms with Crippen molar-refractivity contribution in [1.29, 1.82) is 0 Å². The van der Waals surface area contributed by atoms with Gasteiger partial charge in [0, 0.05) is 24.7 Å². The molecule has 1 aliphatic carbocycles. The molecule has 1 aromatic carbocycles. The molecule has 2 fully saturated rings. The third-order valence-electron chi connectivity index (χ3n) is 7.86. The number of hydrogen-bond donors (Lipinski definition) is 2. The van der Waals surface area contributed by atoms with Crippen LogP contribution in [0.3, 0.4) is 0 Å². The lowest BCUT2D eigenvalue weighted by Crippen LogP contribution is -2.49. The van der Waals surface area contributed by atoms with Crippen molar-refractivity contribution in [1.82, 2.24) is 10.2 Å². The van der Waals surface area contributed by atoms with Gasteiger partial charge in [-0.3, -0.25) is 9.59 Å². The number of piperidine rings is 1. The molecule has 1 saturated heterocycles. The quantitative estimate of drug-likeness (QED) is 0.647. The molecule has 2 N–H and O–H groups in total. The molecule has 182 valence electrons. The van der Waals surface area contributed by atoms with Crippen LogP contribution in [-0.4, -0.2) is 53.7 Å². The average molecular weight is 477 g/mol. The number of nitrogens with zero attached hydrogens (tertiary/aromatic N) is 1. The summed E-state index contributed by atoms with van der Waals surface area (Å²) in [4.78, 5) is 27.9. The van der Waals surface area contributed by atoms with Crippen molar-refractivity contribution in [3.8, 4) is 5.75 Å². The van der Waals surface area contributed by atoms with Crippen LogP contribution < -0.4 is 10.1 Å². The zero-order valence-electron chi connectivity index (χ0n) is 19.5. The van der Waals surface area contributed by atoms with Crippen LogP contribution in [-0.2, 0) is 4.79 Å². The highest BCUT2D eigenvalue weighted by Gasteiger charge is 2.38. The molecule has 1 aromatic rings. The Morgan fingerprint density at radius 1 is 1.03 bits per heavy atom. The third-order valence-corrected chi connectivity index (χ3v) is 8.10.